The van der Waals surface area contributed by atoms with E-state index in [1.165, 1.54) is 0 Å². The Morgan fingerprint density at radius 2 is 0.967 bits per heavy atom. The van der Waals surface area contributed by atoms with Crippen LogP contribution in [0.25, 0.3) is 11.1 Å². The minimum Gasteiger partial charge on any atom is -0.192 e. The molecule has 0 aliphatic carbocycles. The van der Waals surface area contributed by atoms with Crippen molar-refractivity contribution in [1.82, 2.24) is 0 Å². The molecule has 0 aromatic heterocycles. The highest BCUT2D eigenvalue weighted by Crippen LogP contribution is 2.45. The predicted octanol–water partition coefficient (Wildman–Crippen LogP) is 7.30. The fourth-order valence-electron chi connectivity index (χ4n) is 2.55. The first kappa shape index (κ1) is 23.4. The van der Waals surface area contributed by atoms with Crippen LogP contribution in [0.15, 0.2) is 30.3 Å². The van der Waals surface area contributed by atoms with Gasteiger partial charge in [-0.3, -0.25) is 0 Å². The van der Waals surface area contributed by atoms with Crippen molar-refractivity contribution >= 4 is 0 Å². The summed E-state index contributed by atoms with van der Waals surface area (Å²) >= 11 is 0. The van der Waals surface area contributed by atoms with E-state index in [1.807, 2.05) is 0 Å². The minimum atomic E-state index is -5.71. The Kier molecular flexibility index (Phi) is 5.53. The number of halogens is 12. The van der Waals surface area contributed by atoms with Gasteiger partial charge in [0.05, 0.1) is 33.9 Å². The molecule has 0 saturated heterocycles. The lowest BCUT2D eigenvalue weighted by Gasteiger charge is -2.19. The van der Waals surface area contributed by atoms with Crippen molar-refractivity contribution in [3.05, 3.63) is 58.1 Å². The summed E-state index contributed by atoms with van der Waals surface area (Å²) in [7, 11) is 0. The van der Waals surface area contributed by atoms with Gasteiger partial charge in [-0.1, -0.05) is 0 Å². The molecular formula is C17H5F12N. The van der Waals surface area contributed by atoms with Crippen LogP contribution in [0.4, 0.5) is 52.7 Å². The summed E-state index contributed by atoms with van der Waals surface area (Å²) in [6, 6.07) is 0.525. The largest absolute Gasteiger partial charge is 0.418 e. The second-order valence-electron chi connectivity index (χ2n) is 5.85. The molecule has 2 aromatic rings. The zero-order valence-electron chi connectivity index (χ0n) is 13.9. The summed E-state index contributed by atoms with van der Waals surface area (Å²) in [4.78, 5) is 0. The molecular weight excluding hydrogens is 446 g/mol. The van der Waals surface area contributed by atoms with E-state index in [9.17, 15) is 52.7 Å². The Morgan fingerprint density at radius 1 is 0.533 bits per heavy atom. The van der Waals surface area contributed by atoms with Gasteiger partial charge >= 0.3 is 24.7 Å². The van der Waals surface area contributed by atoms with E-state index in [0.29, 0.717) is 0 Å². The van der Waals surface area contributed by atoms with Gasteiger partial charge in [-0.25, -0.2) is 0 Å². The average Bonchev–Trinajstić information content (AvgIpc) is 2.57. The molecule has 0 saturated carbocycles. The minimum absolute atomic E-state index is 0.0408. The zero-order chi connectivity index (χ0) is 23.3. The van der Waals surface area contributed by atoms with Crippen molar-refractivity contribution in [2.45, 2.75) is 24.7 Å². The molecule has 0 aliphatic heterocycles. The summed E-state index contributed by atoms with van der Waals surface area (Å²) in [6.45, 7) is 0. The highest BCUT2D eigenvalue weighted by Gasteiger charge is 2.45. The topological polar surface area (TPSA) is 23.8 Å². The number of nitriles is 1. The Balaban J connectivity index is 2.93. The lowest BCUT2D eigenvalue weighted by molar-refractivity contribution is -0.162. The third kappa shape index (κ3) is 4.80. The molecule has 13 heteroatoms. The van der Waals surface area contributed by atoms with Gasteiger partial charge in [0.2, 0.25) is 0 Å². The quantitative estimate of drug-likeness (QED) is 0.418. The van der Waals surface area contributed by atoms with Crippen molar-refractivity contribution < 1.29 is 52.7 Å². The molecule has 0 bridgehead atoms. The molecule has 0 amide bonds. The van der Waals surface area contributed by atoms with Crippen LogP contribution in [-0.4, -0.2) is 0 Å². The number of alkyl halides is 12. The highest BCUT2D eigenvalue weighted by molar-refractivity contribution is 5.70. The molecule has 0 spiro atoms. The molecule has 0 heterocycles. The third-order valence-corrected chi connectivity index (χ3v) is 3.77. The summed E-state index contributed by atoms with van der Waals surface area (Å²) < 4.78 is 156. The van der Waals surface area contributed by atoms with Crippen LogP contribution in [0.1, 0.15) is 27.8 Å². The molecule has 0 fully saturated rings. The Hall–Kier alpha value is -2.91. The van der Waals surface area contributed by atoms with Crippen LogP contribution in [0.2, 0.25) is 0 Å². The van der Waals surface area contributed by atoms with Crippen molar-refractivity contribution in [3.8, 4) is 17.2 Å². The van der Waals surface area contributed by atoms with Crippen LogP contribution >= 0.6 is 0 Å². The number of hydrogen-bond acceptors (Lipinski definition) is 1. The van der Waals surface area contributed by atoms with E-state index in [-0.39, 0.29) is 30.3 Å². The molecule has 2 aromatic carbocycles. The monoisotopic (exact) mass is 451 g/mol. The number of nitrogens with zero attached hydrogens (tertiary/aromatic N) is 1. The van der Waals surface area contributed by atoms with Gasteiger partial charge in [-0.05, 0) is 41.5 Å². The van der Waals surface area contributed by atoms with E-state index in [4.69, 9.17) is 5.26 Å². The van der Waals surface area contributed by atoms with Crippen LogP contribution in [0.5, 0.6) is 0 Å². The molecule has 0 atom stereocenters. The normalized spacial score (nSPS) is 13.3. The maximum atomic E-state index is 13.2. The summed E-state index contributed by atoms with van der Waals surface area (Å²) in [5.74, 6) is 0. The number of benzene rings is 2. The maximum absolute atomic E-state index is 13.2. The van der Waals surface area contributed by atoms with Gasteiger partial charge in [0.1, 0.15) is 0 Å². The number of rotatable bonds is 1. The van der Waals surface area contributed by atoms with Crippen LogP contribution in [0, 0.1) is 11.3 Å². The Bertz CT molecular complexity index is 968. The lowest BCUT2D eigenvalue weighted by atomic mass is 9.92. The summed E-state index contributed by atoms with van der Waals surface area (Å²) in [5, 5.41) is 8.83. The van der Waals surface area contributed by atoms with Crippen molar-refractivity contribution in [1.29, 1.82) is 5.26 Å². The SMILES string of the molecule is N#Cc1cc(-c2cc(C(F)(F)F)cc(C(F)(F)F)c2)cc(C(F)(F)F)c1C(F)(F)F. The van der Waals surface area contributed by atoms with E-state index >= 15 is 0 Å². The van der Waals surface area contributed by atoms with E-state index in [2.05, 4.69) is 0 Å². The third-order valence-electron chi connectivity index (χ3n) is 3.77. The van der Waals surface area contributed by atoms with Gasteiger partial charge in [-0.2, -0.15) is 57.9 Å². The van der Waals surface area contributed by atoms with Gasteiger partial charge in [0.25, 0.3) is 0 Å². The van der Waals surface area contributed by atoms with Gasteiger partial charge in [0.15, 0.2) is 0 Å². The van der Waals surface area contributed by atoms with E-state index in [0.717, 1.165) is 6.07 Å². The first-order valence-corrected chi connectivity index (χ1v) is 7.38. The standard InChI is InChI=1S/C17H5F12N/c18-14(19,20)10-2-8(3-11(5-10)15(21,22)23)7-1-9(6-30)13(17(27,28)29)12(4-7)16(24,25)26/h1-5H. The first-order valence-electron chi connectivity index (χ1n) is 7.38. The molecule has 1 nitrogen and oxygen atoms in total. The second-order valence-corrected chi connectivity index (χ2v) is 5.85. The summed E-state index contributed by atoms with van der Waals surface area (Å²) in [6.07, 6.45) is -22.1. The fourth-order valence-corrected chi connectivity index (χ4v) is 2.55. The molecule has 30 heavy (non-hydrogen) atoms. The predicted molar refractivity (Wildman–Crippen MR) is 76.6 cm³/mol. The van der Waals surface area contributed by atoms with Crippen LogP contribution in [-0.2, 0) is 24.7 Å². The zero-order valence-corrected chi connectivity index (χ0v) is 13.9. The van der Waals surface area contributed by atoms with E-state index < -0.39 is 63.6 Å². The average molecular weight is 451 g/mol. The molecule has 0 unspecified atom stereocenters. The van der Waals surface area contributed by atoms with Gasteiger partial charge in [0, 0.05) is 0 Å². The molecule has 162 valence electrons. The van der Waals surface area contributed by atoms with Gasteiger partial charge < -0.3 is 0 Å². The fraction of sp³-hybridized carbons (Fsp3) is 0.235. The molecule has 0 N–H and O–H groups in total. The van der Waals surface area contributed by atoms with Crippen molar-refractivity contribution in [2.75, 3.05) is 0 Å². The molecule has 2 rings (SSSR count). The van der Waals surface area contributed by atoms with Crippen LogP contribution in [0.3, 0.4) is 0 Å². The lowest BCUT2D eigenvalue weighted by Crippen LogP contribution is -2.18. The maximum Gasteiger partial charge on any atom is 0.418 e. The number of hydrogen-bond donors (Lipinski definition) is 0. The van der Waals surface area contributed by atoms with Crippen molar-refractivity contribution in [2.24, 2.45) is 0 Å². The molecule has 0 radical (unpaired) electrons. The summed E-state index contributed by atoms with van der Waals surface area (Å²) in [5.41, 5.74) is -12.4. The smallest absolute Gasteiger partial charge is 0.192 e. The van der Waals surface area contributed by atoms with E-state index in [1.54, 1.807) is 0 Å². The Morgan fingerprint density at radius 3 is 1.30 bits per heavy atom. The second kappa shape index (κ2) is 7.10. The van der Waals surface area contributed by atoms with Crippen molar-refractivity contribution in [3.63, 3.8) is 0 Å². The first-order chi connectivity index (χ1) is 13.4. The van der Waals surface area contributed by atoms with Gasteiger partial charge in [-0.15, -0.1) is 0 Å². The highest BCUT2D eigenvalue weighted by atomic mass is 19.4. The Labute approximate surface area is 159 Å². The van der Waals surface area contributed by atoms with Crippen LogP contribution < -0.4 is 0 Å². The molecule has 0 aliphatic rings.